The molecule has 0 aliphatic carbocycles. The van der Waals surface area contributed by atoms with Crippen LogP contribution in [0, 0.1) is 0 Å². The smallest absolute Gasteiger partial charge is 0.374 e. The number of esters is 1. The van der Waals surface area contributed by atoms with Crippen molar-refractivity contribution in [2.45, 2.75) is 13.0 Å². The molecule has 0 radical (unpaired) electrons. The number of aromatic nitrogens is 3. The number of fused-ring (bicyclic) bond motifs is 1. The molecule has 2 aromatic heterocycles. The van der Waals surface area contributed by atoms with Crippen molar-refractivity contribution in [1.29, 1.82) is 0 Å². The molecular formula is C14H13N3O2. The summed E-state index contributed by atoms with van der Waals surface area (Å²) in [5.41, 5.74) is 1.89. The maximum Gasteiger partial charge on any atom is 0.374 e. The molecule has 0 saturated heterocycles. The summed E-state index contributed by atoms with van der Waals surface area (Å²) in [6.45, 7) is 1.82. The molecule has 5 nitrogen and oxygen atoms in total. The Morgan fingerprint density at radius 3 is 2.95 bits per heavy atom. The molecule has 1 unspecified atom stereocenters. The molecular weight excluding hydrogens is 242 g/mol. The number of carbonyl (C=O) groups excluding carboxylic acids is 1. The maximum atomic E-state index is 11.8. The number of benzene rings is 1. The third-order valence-corrected chi connectivity index (χ3v) is 2.96. The summed E-state index contributed by atoms with van der Waals surface area (Å²) in [5.74, 6) is -0.251. The Bertz CT molecular complexity index is 667. The van der Waals surface area contributed by atoms with E-state index in [9.17, 15) is 4.79 Å². The molecule has 2 N–H and O–H groups in total. The zero-order valence-electron chi connectivity index (χ0n) is 10.4. The van der Waals surface area contributed by atoms with Crippen LogP contribution in [0.15, 0.2) is 42.7 Å². The molecule has 2 heterocycles. The van der Waals surface area contributed by atoms with Gasteiger partial charge in [0.2, 0.25) is 5.82 Å². The summed E-state index contributed by atoms with van der Waals surface area (Å²) in [6, 6.07) is 9.91. The number of nitrogens with one attached hydrogen (secondary N) is 2. The third kappa shape index (κ3) is 2.22. The van der Waals surface area contributed by atoms with E-state index in [1.54, 1.807) is 6.20 Å². The number of H-pyrrole nitrogens is 2. The summed E-state index contributed by atoms with van der Waals surface area (Å²) in [4.78, 5) is 21.6. The molecule has 0 aliphatic rings. The molecule has 19 heavy (non-hydrogen) atoms. The first kappa shape index (κ1) is 11.5. The molecule has 0 saturated carbocycles. The number of rotatable bonds is 3. The van der Waals surface area contributed by atoms with Gasteiger partial charge in [-0.1, -0.05) is 18.2 Å². The average Bonchev–Trinajstić information content (AvgIpc) is 3.07. The number of ether oxygens (including phenoxy) is 1. The second kappa shape index (κ2) is 4.61. The Labute approximate surface area is 109 Å². The van der Waals surface area contributed by atoms with Gasteiger partial charge in [-0.25, -0.2) is 9.78 Å². The molecule has 0 bridgehead atoms. The summed E-state index contributed by atoms with van der Waals surface area (Å²) < 4.78 is 5.35. The molecule has 96 valence electrons. The predicted octanol–water partition coefficient (Wildman–Crippen LogP) is 2.81. The molecule has 0 amide bonds. The monoisotopic (exact) mass is 255 g/mol. The standard InChI is InChI=1S/C14H13N3O2/c1-9(19-14(18)13-15-6-7-16-13)12-8-10-4-2-3-5-11(10)17-12/h2-9,17H,1H3,(H,15,16). The zero-order chi connectivity index (χ0) is 13.2. The number of hydrogen-bond acceptors (Lipinski definition) is 3. The van der Waals surface area contributed by atoms with E-state index in [-0.39, 0.29) is 11.9 Å². The van der Waals surface area contributed by atoms with Gasteiger partial charge in [-0.2, -0.15) is 0 Å². The number of para-hydroxylation sites is 1. The molecule has 0 aliphatic heterocycles. The average molecular weight is 255 g/mol. The SMILES string of the molecule is CC(OC(=O)c1ncc[nH]1)c1cc2ccccc2[nH]1. The van der Waals surface area contributed by atoms with Gasteiger partial charge >= 0.3 is 5.97 Å². The quantitative estimate of drug-likeness (QED) is 0.707. The number of hydrogen-bond donors (Lipinski definition) is 2. The van der Waals surface area contributed by atoms with Crippen molar-refractivity contribution in [1.82, 2.24) is 15.0 Å². The molecule has 1 aromatic carbocycles. The van der Waals surface area contributed by atoms with Crippen LogP contribution in [-0.2, 0) is 4.74 Å². The number of imidazole rings is 1. The van der Waals surface area contributed by atoms with Gasteiger partial charge in [-0.15, -0.1) is 0 Å². The highest BCUT2D eigenvalue weighted by molar-refractivity contribution is 5.85. The van der Waals surface area contributed by atoms with Crippen molar-refractivity contribution in [3.8, 4) is 0 Å². The largest absolute Gasteiger partial charge is 0.450 e. The lowest BCUT2D eigenvalue weighted by Crippen LogP contribution is -2.10. The van der Waals surface area contributed by atoms with Crippen molar-refractivity contribution < 1.29 is 9.53 Å². The Hall–Kier alpha value is -2.56. The van der Waals surface area contributed by atoms with Gasteiger partial charge < -0.3 is 14.7 Å². The van der Waals surface area contributed by atoms with Crippen LogP contribution in [0.4, 0.5) is 0 Å². The molecule has 5 heteroatoms. The first-order chi connectivity index (χ1) is 9.24. The first-order valence-corrected chi connectivity index (χ1v) is 6.02. The normalized spacial score (nSPS) is 12.5. The van der Waals surface area contributed by atoms with Crippen LogP contribution in [0.25, 0.3) is 10.9 Å². The van der Waals surface area contributed by atoms with Crippen LogP contribution in [0.5, 0.6) is 0 Å². The van der Waals surface area contributed by atoms with E-state index in [1.807, 2.05) is 37.3 Å². The number of aromatic amines is 2. The number of nitrogens with zero attached hydrogens (tertiary/aromatic N) is 1. The van der Waals surface area contributed by atoms with Crippen LogP contribution >= 0.6 is 0 Å². The minimum atomic E-state index is -0.462. The van der Waals surface area contributed by atoms with Crippen molar-refractivity contribution in [3.63, 3.8) is 0 Å². The first-order valence-electron chi connectivity index (χ1n) is 6.02. The van der Waals surface area contributed by atoms with E-state index in [0.717, 1.165) is 16.6 Å². The van der Waals surface area contributed by atoms with Crippen molar-refractivity contribution >= 4 is 16.9 Å². The topological polar surface area (TPSA) is 70.8 Å². The summed E-state index contributed by atoms with van der Waals surface area (Å²) in [5, 5.41) is 1.10. The van der Waals surface area contributed by atoms with E-state index in [4.69, 9.17) is 4.74 Å². The minimum absolute atomic E-state index is 0.211. The van der Waals surface area contributed by atoms with Gasteiger partial charge in [0.15, 0.2) is 0 Å². The van der Waals surface area contributed by atoms with Crippen molar-refractivity contribution in [2.24, 2.45) is 0 Å². The fraction of sp³-hybridized carbons (Fsp3) is 0.143. The number of carbonyl (C=O) groups is 1. The Morgan fingerprint density at radius 1 is 1.37 bits per heavy atom. The highest BCUT2D eigenvalue weighted by atomic mass is 16.5. The highest BCUT2D eigenvalue weighted by Gasteiger charge is 2.16. The fourth-order valence-corrected chi connectivity index (χ4v) is 1.97. The van der Waals surface area contributed by atoms with Crippen LogP contribution in [0.3, 0.4) is 0 Å². The lowest BCUT2D eigenvalue weighted by atomic mass is 10.2. The molecule has 0 spiro atoms. The minimum Gasteiger partial charge on any atom is -0.450 e. The second-order valence-electron chi connectivity index (χ2n) is 4.30. The lowest BCUT2D eigenvalue weighted by molar-refractivity contribution is 0.0317. The van der Waals surface area contributed by atoms with Gasteiger partial charge in [0.05, 0.1) is 5.69 Å². The molecule has 1 atom stereocenters. The molecule has 0 fully saturated rings. The Kier molecular flexibility index (Phi) is 2.79. The van der Waals surface area contributed by atoms with Crippen LogP contribution < -0.4 is 0 Å². The zero-order valence-corrected chi connectivity index (χ0v) is 10.4. The van der Waals surface area contributed by atoms with Crippen LogP contribution in [0.1, 0.15) is 29.3 Å². The summed E-state index contributed by atoms with van der Waals surface area (Å²) in [7, 11) is 0. The van der Waals surface area contributed by atoms with Crippen LogP contribution in [-0.4, -0.2) is 20.9 Å². The highest BCUT2D eigenvalue weighted by Crippen LogP contribution is 2.22. The van der Waals surface area contributed by atoms with Gasteiger partial charge in [-0.3, -0.25) is 0 Å². The predicted molar refractivity (Wildman–Crippen MR) is 70.7 cm³/mol. The van der Waals surface area contributed by atoms with Crippen molar-refractivity contribution in [2.75, 3.05) is 0 Å². The van der Waals surface area contributed by atoms with Crippen LogP contribution in [0.2, 0.25) is 0 Å². The Balaban J connectivity index is 1.80. The maximum absolute atomic E-state index is 11.8. The summed E-state index contributed by atoms with van der Waals surface area (Å²) >= 11 is 0. The van der Waals surface area contributed by atoms with Crippen molar-refractivity contribution in [3.05, 3.63) is 54.2 Å². The molecule has 3 rings (SSSR count). The van der Waals surface area contributed by atoms with E-state index in [0.29, 0.717) is 0 Å². The third-order valence-electron chi connectivity index (χ3n) is 2.96. The second-order valence-corrected chi connectivity index (χ2v) is 4.30. The lowest BCUT2D eigenvalue weighted by Gasteiger charge is -2.10. The summed E-state index contributed by atoms with van der Waals surface area (Å²) in [6.07, 6.45) is 2.75. The van der Waals surface area contributed by atoms with E-state index >= 15 is 0 Å². The molecule has 3 aromatic rings. The fourth-order valence-electron chi connectivity index (χ4n) is 1.97. The van der Waals surface area contributed by atoms with Gasteiger partial charge in [0.25, 0.3) is 0 Å². The van der Waals surface area contributed by atoms with Gasteiger partial charge in [-0.05, 0) is 24.4 Å². The van der Waals surface area contributed by atoms with E-state index in [1.165, 1.54) is 6.20 Å². The van der Waals surface area contributed by atoms with Gasteiger partial charge in [0, 0.05) is 17.9 Å². The van der Waals surface area contributed by atoms with E-state index < -0.39 is 5.97 Å². The Morgan fingerprint density at radius 2 is 2.21 bits per heavy atom. The van der Waals surface area contributed by atoms with Gasteiger partial charge in [0.1, 0.15) is 6.10 Å². The van der Waals surface area contributed by atoms with E-state index in [2.05, 4.69) is 15.0 Å².